The van der Waals surface area contributed by atoms with Gasteiger partial charge in [0, 0.05) is 6.04 Å². The van der Waals surface area contributed by atoms with E-state index >= 15 is 0 Å². The lowest BCUT2D eigenvalue weighted by atomic mass is 9.75. The van der Waals surface area contributed by atoms with Crippen molar-refractivity contribution in [2.75, 3.05) is 7.05 Å². The Labute approximate surface area is 121 Å². The van der Waals surface area contributed by atoms with E-state index in [0.717, 1.165) is 0 Å². The van der Waals surface area contributed by atoms with E-state index in [1.807, 2.05) is 13.8 Å². The van der Waals surface area contributed by atoms with Crippen molar-refractivity contribution in [2.24, 2.45) is 11.1 Å². The standard InChI is InChI=1S/C15H28N4O/c1-14(2)8-6-11(7-9-14)19(5)10-12-17-13(18-20-12)15(3,4)16/h11H,6-10,16H2,1-5H3. The number of hydrogen-bond acceptors (Lipinski definition) is 5. The molecule has 1 aliphatic carbocycles. The summed E-state index contributed by atoms with van der Waals surface area (Å²) in [7, 11) is 2.14. The Hall–Kier alpha value is -0.940. The molecule has 1 aromatic rings. The quantitative estimate of drug-likeness (QED) is 0.918. The lowest BCUT2D eigenvalue weighted by Gasteiger charge is -2.38. The van der Waals surface area contributed by atoms with Gasteiger partial charge in [0.25, 0.3) is 0 Å². The van der Waals surface area contributed by atoms with Gasteiger partial charge >= 0.3 is 0 Å². The van der Waals surface area contributed by atoms with Crippen molar-refractivity contribution in [3.05, 3.63) is 11.7 Å². The van der Waals surface area contributed by atoms with E-state index < -0.39 is 5.54 Å². The van der Waals surface area contributed by atoms with Gasteiger partial charge in [-0.2, -0.15) is 4.98 Å². The zero-order valence-corrected chi connectivity index (χ0v) is 13.4. The van der Waals surface area contributed by atoms with Crippen molar-refractivity contribution in [2.45, 2.75) is 71.5 Å². The highest BCUT2D eigenvalue weighted by Crippen LogP contribution is 2.36. The molecular weight excluding hydrogens is 252 g/mol. The first-order chi connectivity index (χ1) is 9.17. The van der Waals surface area contributed by atoms with Crippen molar-refractivity contribution >= 4 is 0 Å². The number of aromatic nitrogens is 2. The Morgan fingerprint density at radius 2 is 1.95 bits per heavy atom. The molecule has 0 atom stereocenters. The van der Waals surface area contributed by atoms with Crippen LogP contribution in [-0.2, 0) is 12.1 Å². The average Bonchev–Trinajstić information content (AvgIpc) is 2.77. The van der Waals surface area contributed by atoms with Crippen LogP contribution in [0.15, 0.2) is 4.52 Å². The largest absolute Gasteiger partial charge is 0.338 e. The summed E-state index contributed by atoms with van der Waals surface area (Å²) in [5.74, 6) is 1.23. The fourth-order valence-corrected chi connectivity index (χ4v) is 2.75. The molecule has 1 aliphatic rings. The van der Waals surface area contributed by atoms with Gasteiger partial charge in [0.15, 0.2) is 5.82 Å². The second-order valence-electron chi connectivity index (χ2n) is 7.54. The molecule has 1 saturated carbocycles. The maximum absolute atomic E-state index is 5.97. The molecular formula is C15H28N4O. The molecule has 0 bridgehead atoms. The molecule has 114 valence electrons. The van der Waals surface area contributed by atoms with Crippen molar-refractivity contribution in [1.82, 2.24) is 15.0 Å². The third-order valence-electron chi connectivity index (χ3n) is 4.36. The van der Waals surface area contributed by atoms with Gasteiger partial charge in [-0.3, -0.25) is 4.90 Å². The van der Waals surface area contributed by atoms with Crippen LogP contribution in [0.5, 0.6) is 0 Å². The summed E-state index contributed by atoms with van der Waals surface area (Å²) in [6.07, 6.45) is 5.06. The molecule has 5 heteroatoms. The summed E-state index contributed by atoms with van der Waals surface area (Å²) in [6, 6.07) is 0.615. The van der Waals surface area contributed by atoms with Gasteiger partial charge in [-0.25, -0.2) is 0 Å². The lowest BCUT2D eigenvalue weighted by Crippen LogP contribution is -2.37. The molecule has 0 radical (unpaired) electrons. The van der Waals surface area contributed by atoms with Crippen molar-refractivity contribution < 1.29 is 4.52 Å². The first-order valence-electron chi connectivity index (χ1n) is 7.49. The molecule has 5 nitrogen and oxygen atoms in total. The molecule has 1 fully saturated rings. The van der Waals surface area contributed by atoms with Crippen molar-refractivity contribution in [1.29, 1.82) is 0 Å². The average molecular weight is 280 g/mol. The lowest BCUT2D eigenvalue weighted by molar-refractivity contribution is 0.114. The molecule has 1 heterocycles. The Kier molecular flexibility index (Phi) is 4.21. The Morgan fingerprint density at radius 3 is 2.45 bits per heavy atom. The molecule has 1 aromatic heterocycles. The predicted molar refractivity (Wildman–Crippen MR) is 79.0 cm³/mol. The number of nitrogens with zero attached hydrogens (tertiary/aromatic N) is 3. The molecule has 2 N–H and O–H groups in total. The molecule has 0 saturated heterocycles. The van der Waals surface area contributed by atoms with Crippen LogP contribution in [-0.4, -0.2) is 28.1 Å². The highest BCUT2D eigenvalue weighted by atomic mass is 16.5. The minimum atomic E-state index is -0.546. The first kappa shape index (κ1) is 15.4. The van der Waals surface area contributed by atoms with E-state index in [0.29, 0.717) is 29.7 Å². The fraction of sp³-hybridized carbons (Fsp3) is 0.867. The second kappa shape index (κ2) is 5.45. The number of hydrogen-bond donors (Lipinski definition) is 1. The van der Waals surface area contributed by atoms with E-state index in [2.05, 4.69) is 35.9 Å². The summed E-state index contributed by atoms with van der Waals surface area (Å²) < 4.78 is 5.31. The Morgan fingerprint density at radius 1 is 1.35 bits per heavy atom. The van der Waals surface area contributed by atoms with E-state index in [-0.39, 0.29) is 0 Å². The minimum Gasteiger partial charge on any atom is -0.338 e. The Bertz CT molecular complexity index is 437. The summed E-state index contributed by atoms with van der Waals surface area (Å²) in [4.78, 5) is 6.73. The normalized spacial score (nSPS) is 20.6. The van der Waals surface area contributed by atoms with Crippen LogP contribution in [0.1, 0.15) is 65.1 Å². The van der Waals surface area contributed by atoms with Gasteiger partial charge in [-0.15, -0.1) is 0 Å². The maximum Gasteiger partial charge on any atom is 0.240 e. The van der Waals surface area contributed by atoms with E-state index in [1.165, 1.54) is 25.7 Å². The van der Waals surface area contributed by atoms with Crippen molar-refractivity contribution in [3.8, 4) is 0 Å². The summed E-state index contributed by atoms with van der Waals surface area (Å²) in [5.41, 5.74) is 5.93. The zero-order valence-electron chi connectivity index (χ0n) is 13.4. The third kappa shape index (κ3) is 3.79. The van der Waals surface area contributed by atoms with Crippen LogP contribution < -0.4 is 5.73 Å². The molecule has 0 amide bonds. The maximum atomic E-state index is 5.97. The van der Waals surface area contributed by atoms with Crippen LogP contribution in [0.25, 0.3) is 0 Å². The number of nitrogens with two attached hydrogens (primary N) is 1. The SMILES string of the molecule is CN(Cc1nc(C(C)(C)N)no1)C1CCC(C)(C)CC1. The van der Waals surface area contributed by atoms with Crippen LogP contribution in [0.3, 0.4) is 0 Å². The third-order valence-corrected chi connectivity index (χ3v) is 4.36. The smallest absolute Gasteiger partial charge is 0.240 e. The molecule has 20 heavy (non-hydrogen) atoms. The van der Waals surface area contributed by atoms with E-state index in [1.54, 1.807) is 0 Å². The summed E-state index contributed by atoms with van der Waals surface area (Å²) >= 11 is 0. The van der Waals surface area contributed by atoms with Crippen molar-refractivity contribution in [3.63, 3.8) is 0 Å². The van der Waals surface area contributed by atoms with Crippen LogP contribution in [0, 0.1) is 5.41 Å². The molecule has 0 aromatic carbocycles. The molecule has 0 unspecified atom stereocenters. The Balaban J connectivity index is 1.92. The van der Waals surface area contributed by atoms with Crippen LogP contribution in [0.4, 0.5) is 0 Å². The van der Waals surface area contributed by atoms with Gasteiger partial charge < -0.3 is 10.3 Å². The van der Waals surface area contributed by atoms with Crippen LogP contribution in [0.2, 0.25) is 0 Å². The second-order valence-corrected chi connectivity index (χ2v) is 7.54. The highest BCUT2D eigenvalue weighted by molar-refractivity contribution is 4.99. The van der Waals surface area contributed by atoms with Gasteiger partial charge in [-0.1, -0.05) is 19.0 Å². The topological polar surface area (TPSA) is 68.2 Å². The van der Waals surface area contributed by atoms with Gasteiger partial charge in [-0.05, 0) is 52.0 Å². The van der Waals surface area contributed by atoms with Gasteiger partial charge in [0.1, 0.15) is 0 Å². The summed E-state index contributed by atoms with van der Waals surface area (Å²) in [5, 5.41) is 3.97. The monoisotopic (exact) mass is 280 g/mol. The van der Waals surface area contributed by atoms with Gasteiger partial charge in [0.2, 0.25) is 5.89 Å². The predicted octanol–water partition coefficient (Wildman–Crippen LogP) is 2.66. The zero-order chi connectivity index (χ0) is 15.0. The van der Waals surface area contributed by atoms with E-state index in [9.17, 15) is 0 Å². The van der Waals surface area contributed by atoms with Crippen LogP contribution >= 0.6 is 0 Å². The minimum absolute atomic E-state index is 0.499. The molecule has 2 rings (SSSR count). The molecule has 0 aliphatic heterocycles. The number of rotatable bonds is 4. The first-order valence-corrected chi connectivity index (χ1v) is 7.49. The highest BCUT2D eigenvalue weighted by Gasteiger charge is 2.29. The molecule has 0 spiro atoms. The van der Waals surface area contributed by atoms with Gasteiger partial charge in [0.05, 0.1) is 12.1 Å². The van der Waals surface area contributed by atoms with E-state index in [4.69, 9.17) is 10.3 Å². The fourth-order valence-electron chi connectivity index (χ4n) is 2.75. The summed E-state index contributed by atoms with van der Waals surface area (Å²) in [6.45, 7) is 9.19.